The predicted octanol–water partition coefficient (Wildman–Crippen LogP) is 2.17. The van der Waals surface area contributed by atoms with Crippen LogP contribution in [0.5, 0.6) is 5.75 Å². The van der Waals surface area contributed by atoms with Crippen LogP contribution in [0, 0.1) is 0 Å². The molecule has 2 aliphatic rings. The third-order valence-electron chi connectivity index (χ3n) is 5.73. The van der Waals surface area contributed by atoms with E-state index in [1.54, 1.807) is 7.11 Å². The van der Waals surface area contributed by atoms with E-state index in [-0.39, 0.29) is 17.7 Å². The van der Waals surface area contributed by atoms with Crippen molar-refractivity contribution in [3.05, 3.63) is 18.1 Å². The summed E-state index contributed by atoms with van der Waals surface area (Å²) in [7, 11) is 1.67. The SMILES string of the molecule is COC1CN(c2nc(-c3cnc(N)c(OC(F)F)c3)nc3c2nc2n3CCOC2(C)C)C1. The molecule has 0 atom stereocenters. The van der Waals surface area contributed by atoms with Crippen LogP contribution in [0.1, 0.15) is 19.7 Å². The summed E-state index contributed by atoms with van der Waals surface area (Å²) < 4.78 is 43.4. The van der Waals surface area contributed by atoms with Gasteiger partial charge in [-0.3, -0.25) is 0 Å². The monoisotopic (exact) mass is 447 g/mol. The minimum Gasteiger partial charge on any atom is -0.431 e. The van der Waals surface area contributed by atoms with Crippen LogP contribution in [0.2, 0.25) is 0 Å². The Bertz CT molecular complexity index is 1180. The molecule has 2 aliphatic heterocycles. The van der Waals surface area contributed by atoms with Gasteiger partial charge in [0.25, 0.3) is 0 Å². The number of aromatic nitrogens is 5. The maximum Gasteiger partial charge on any atom is 0.387 e. The zero-order chi connectivity index (χ0) is 22.6. The number of nitrogens with zero attached hydrogens (tertiary/aromatic N) is 6. The summed E-state index contributed by atoms with van der Waals surface area (Å²) in [4.78, 5) is 20.3. The molecule has 0 aromatic carbocycles. The van der Waals surface area contributed by atoms with Gasteiger partial charge in [0.05, 0.1) is 12.7 Å². The second-order valence-corrected chi connectivity index (χ2v) is 8.24. The molecule has 3 aromatic heterocycles. The third kappa shape index (κ3) is 3.39. The van der Waals surface area contributed by atoms with Gasteiger partial charge in [-0.2, -0.15) is 8.78 Å². The summed E-state index contributed by atoms with van der Waals surface area (Å²) in [5.41, 5.74) is 6.81. The quantitative estimate of drug-likeness (QED) is 0.629. The van der Waals surface area contributed by atoms with Gasteiger partial charge in [-0.15, -0.1) is 0 Å². The first-order chi connectivity index (χ1) is 15.3. The molecule has 5 rings (SSSR count). The molecule has 3 aromatic rings. The van der Waals surface area contributed by atoms with Gasteiger partial charge < -0.3 is 29.4 Å². The highest BCUT2D eigenvalue weighted by Gasteiger charge is 2.36. The number of nitrogens with two attached hydrogens (primary N) is 1. The number of alkyl halides is 2. The Labute approximate surface area is 182 Å². The first kappa shape index (κ1) is 20.8. The van der Waals surface area contributed by atoms with E-state index in [0.717, 1.165) is 5.82 Å². The molecule has 2 N–H and O–H groups in total. The van der Waals surface area contributed by atoms with Crippen LogP contribution in [0.25, 0.3) is 22.6 Å². The molecule has 0 aliphatic carbocycles. The van der Waals surface area contributed by atoms with Crippen molar-refractivity contribution in [1.82, 2.24) is 24.5 Å². The molecule has 5 heterocycles. The molecule has 0 bridgehead atoms. The standard InChI is InChI=1S/C20H23F2N7O3/c1-20(2)18-25-13-16(28-8-11(9-28)30-3)26-15(27-17(13)29(18)4-5-31-20)10-6-12(32-19(21)22)14(23)24-7-10/h6-7,11,19H,4-5,8-9H2,1-3H3,(H2,23,24). The van der Waals surface area contributed by atoms with Crippen molar-refractivity contribution in [2.45, 2.75) is 38.7 Å². The van der Waals surface area contributed by atoms with Crippen molar-refractivity contribution in [2.75, 3.05) is 37.4 Å². The summed E-state index contributed by atoms with van der Waals surface area (Å²) in [6.07, 6.45) is 1.54. The van der Waals surface area contributed by atoms with Crippen molar-refractivity contribution in [3.63, 3.8) is 0 Å². The van der Waals surface area contributed by atoms with Crippen LogP contribution in [-0.2, 0) is 21.6 Å². The van der Waals surface area contributed by atoms with E-state index in [0.29, 0.717) is 54.6 Å². The number of imidazole rings is 1. The van der Waals surface area contributed by atoms with Gasteiger partial charge in [-0.1, -0.05) is 0 Å². The number of anilines is 2. The first-order valence-electron chi connectivity index (χ1n) is 10.2. The lowest BCUT2D eigenvalue weighted by Gasteiger charge is -2.39. The number of hydrogen-bond donors (Lipinski definition) is 1. The number of hydrogen-bond acceptors (Lipinski definition) is 9. The van der Waals surface area contributed by atoms with Crippen LogP contribution in [0.15, 0.2) is 12.3 Å². The lowest BCUT2D eigenvalue weighted by atomic mass is 10.1. The molecule has 10 nitrogen and oxygen atoms in total. The zero-order valence-corrected chi connectivity index (χ0v) is 17.9. The number of rotatable bonds is 5. The van der Waals surface area contributed by atoms with Crippen molar-refractivity contribution in [1.29, 1.82) is 0 Å². The van der Waals surface area contributed by atoms with Crippen molar-refractivity contribution in [3.8, 4) is 17.1 Å². The summed E-state index contributed by atoms with van der Waals surface area (Å²) in [5.74, 6) is 1.35. The number of nitrogen functional groups attached to an aromatic ring is 1. The number of fused-ring (bicyclic) bond motifs is 3. The molecule has 0 saturated carbocycles. The highest BCUT2D eigenvalue weighted by molar-refractivity contribution is 5.87. The topological polar surface area (TPSA) is 113 Å². The predicted molar refractivity (Wildman–Crippen MR) is 112 cm³/mol. The van der Waals surface area contributed by atoms with E-state index in [9.17, 15) is 8.78 Å². The van der Waals surface area contributed by atoms with Crippen LogP contribution >= 0.6 is 0 Å². The van der Waals surface area contributed by atoms with Gasteiger partial charge in [0.1, 0.15) is 11.4 Å². The van der Waals surface area contributed by atoms with E-state index in [4.69, 9.17) is 30.2 Å². The smallest absolute Gasteiger partial charge is 0.387 e. The van der Waals surface area contributed by atoms with Gasteiger partial charge in [0.15, 0.2) is 34.4 Å². The average Bonchev–Trinajstić information content (AvgIpc) is 3.09. The summed E-state index contributed by atoms with van der Waals surface area (Å²) in [6.45, 7) is 3.32. The lowest BCUT2D eigenvalue weighted by Crippen LogP contribution is -2.52. The molecule has 1 fully saturated rings. The number of halogens is 2. The minimum atomic E-state index is -3.02. The normalized spacial score (nSPS) is 18.1. The molecule has 12 heteroatoms. The Kier molecular flexibility index (Phi) is 4.86. The number of methoxy groups -OCH3 is 1. The van der Waals surface area contributed by atoms with Gasteiger partial charge in [-0.05, 0) is 19.9 Å². The fraction of sp³-hybridized carbons (Fsp3) is 0.500. The van der Waals surface area contributed by atoms with Crippen LogP contribution in [0.4, 0.5) is 20.4 Å². The van der Waals surface area contributed by atoms with Crippen LogP contribution in [0.3, 0.4) is 0 Å². The Hall–Kier alpha value is -3.12. The Morgan fingerprint density at radius 2 is 2.03 bits per heavy atom. The molecule has 0 unspecified atom stereocenters. The number of ether oxygens (including phenoxy) is 3. The summed E-state index contributed by atoms with van der Waals surface area (Å²) in [6, 6.07) is 1.37. The summed E-state index contributed by atoms with van der Waals surface area (Å²) >= 11 is 0. The molecule has 1 saturated heterocycles. The van der Waals surface area contributed by atoms with Crippen LogP contribution in [-0.4, -0.2) is 64.0 Å². The van der Waals surface area contributed by atoms with E-state index in [2.05, 4.69) is 14.6 Å². The Morgan fingerprint density at radius 3 is 2.75 bits per heavy atom. The third-order valence-corrected chi connectivity index (χ3v) is 5.73. The Balaban J connectivity index is 1.68. The van der Waals surface area contributed by atoms with E-state index in [1.165, 1.54) is 12.3 Å². The average molecular weight is 447 g/mol. The fourth-order valence-electron chi connectivity index (χ4n) is 3.99. The molecule has 0 amide bonds. The molecular formula is C20H23F2N7O3. The van der Waals surface area contributed by atoms with Crippen molar-refractivity contribution >= 4 is 22.8 Å². The minimum absolute atomic E-state index is 0.102. The maximum absolute atomic E-state index is 12.8. The van der Waals surface area contributed by atoms with Gasteiger partial charge in [0, 0.05) is 38.5 Å². The second-order valence-electron chi connectivity index (χ2n) is 8.24. The highest BCUT2D eigenvalue weighted by Crippen LogP contribution is 2.36. The van der Waals surface area contributed by atoms with Gasteiger partial charge in [-0.25, -0.2) is 19.9 Å². The molecule has 32 heavy (non-hydrogen) atoms. The molecule has 170 valence electrons. The van der Waals surface area contributed by atoms with Crippen LogP contribution < -0.4 is 15.4 Å². The van der Waals surface area contributed by atoms with E-state index < -0.39 is 12.2 Å². The van der Waals surface area contributed by atoms with Gasteiger partial charge >= 0.3 is 6.61 Å². The maximum atomic E-state index is 12.8. The molecule has 0 spiro atoms. The fourth-order valence-corrected chi connectivity index (χ4v) is 3.99. The summed E-state index contributed by atoms with van der Waals surface area (Å²) in [5, 5.41) is 0. The number of pyridine rings is 1. The molecular weight excluding hydrogens is 424 g/mol. The first-order valence-corrected chi connectivity index (χ1v) is 10.2. The van der Waals surface area contributed by atoms with Crippen molar-refractivity contribution < 1.29 is 23.0 Å². The van der Waals surface area contributed by atoms with E-state index >= 15 is 0 Å². The Morgan fingerprint density at radius 1 is 1.25 bits per heavy atom. The van der Waals surface area contributed by atoms with E-state index in [1.807, 2.05) is 18.4 Å². The lowest BCUT2D eigenvalue weighted by molar-refractivity contribution is -0.0531. The zero-order valence-electron chi connectivity index (χ0n) is 17.9. The van der Waals surface area contributed by atoms with Gasteiger partial charge in [0.2, 0.25) is 0 Å². The second kappa shape index (κ2) is 7.48. The largest absolute Gasteiger partial charge is 0.431 e. The van der Waals surface area contributed by atoms with Crippen molar-refractivity contribution in [2.24, 2.45) is 0 Å². The highest BCUT2D eigenvalue weighted by atomic mass is 19.3. The molecule has 0 radical (unpaired) electrons.